The van der Waals surface area contributed by atoms with Crippen molar-refractivity contribution in [1.29, 1.82) is 0 Å². The highest BCUT2D eigenvalue weighted by molar-refractivity contribution is 7.92. The van der Waals surface area contributed by atoms with Crippen molar-refractivity contribution in [3.63, 3.8) is 0 Å². The average molecular weight is 583 g/mol. The number of nitrogens with one attached hydrogen (secondary N) is 1. The lowest BCUT2D eigenvalue weighted by Crippen LogP contribution is -2.47. The zero-order valence-corrected chi connectivity index (χ0v) is 23.4. The van der Waals surface area contributed by atoms with Crippen molar-refractivity contribution < 1.29 is 18.0 Å². The monoisotopic (exact) mass is 581 g/mol. The first kappa shape index (κ1) is 29.5. The maximum absolute atomic E-state index is 13.3. The normalized spacial score (nSPS) is 12.2. The molecule has 1 atom stereocenters. The summed E-state index contributed by atoms with van der Waals surface area (Å²) in [6, 6.07) is 8.71. The van der Waals surface area contributed by atoms with Gasteiger partial charge in [-0.15, -0.1) is 0 Å². The Labute approximate surface area is 226 Å². The quantitative estimate of drug-likeness (QED) is 0.384. The van der Waals surface area contributed by atoms with E-state index < -0.39 is 16.1 Å². The Balaban J connectivity index is 2.24. The van der Waals surface area contributed by atoms with E-state index in [0.717, 1.165) is 10.6 Å². The van der Waals surface area contributed by atoms with Crippen LogP contribution in [0.25, 0.3) is 0 Å². The second-order valence-corrected chi connectivity index (χ2v) is 11.4. The van der Waals surface area contributed by atoms with E-state index >= 15 is 0 Å². The Morgan fingerprint density at radius 2 is 1.66 bits per heavy atom. The SMILES string of the molecule is CCNC(=O)C(C)N(Cc1c(Cl)cccc1Cl)C(=O)CCCN(c1cc(Cl)ccc1Cl)S(C)(=O)=O. The van der Waals surface area contributed by atoms with Crippen LogP contribution in [0.2, 0.25) is 20.1 Å². The first-order valence-corrected chi connectivity index (χ1v) is 14.2. The number of carbonyl (C=O) groups excluding carboxylic acids is 2. The van der Waals surface area contributed by atoms with Crippen molar-refractivity contribution in [1.82, 2.24) is 10.2 Å². The fraction of sp³-hybridized carbons (Fsp3) is 0.391. The van der Waals surface area contributed by atoms with Crippen molar-refractivity contribution in [3.05, 3.63) is 62.1 Å². The minimum atomic E-state index is -3.71. The van der Waals surface area contributed by atoms with E-state index in [4.69, 9.17) is 46.4 Å². The molecule has 1 N–H and O–H groups in total. The summed E-state index contributed by atoms with van der Waals surface area (Å²) in [5.41, 5.74) is 0.744. The van der Waals surface area contributed by atoms with E-state index in [9.17, 15) is 18.0 Å². The second-order valence-electron chi connectivity index (χ2n) is 7.83. The van der Waals surface area contributed by atoms with Gasteiger partial charge in [-0.1, -0.05) is 52.5 Å². The molecule has 0 heterocycles. The van der Waals surface area contributed by atoms with Gasteiger partial charge >= 0.3 is 0 Å². The van der Waals surface area contributed by atoms with Gasteiger partial charge in [0, 0.05) is 46.7 Å². The molecule has 0 spiro atoms. The van der Waals surface area contributed by atoms with Gasteiger partial charge in [-0.3, -0.25) is 13.9 Å². The standard InChI is InChI=1S/C23H27Cl4N3O4S/c1-4-28-23(32)15(2)29(14-17-18(25)7-5-8-19(17)26)22(31)9-6-12-30(35(3,33)34)21-13-16(24)10-11-20(21)27/h5,7-8,10-11,13,15H,4,6,9,12,14H2,1-3H3,(H,28,32). The van der Waals surface area contributed by atoms with Crippen LogP contribution in [0, 0.1) is 0 Å². The van der Waals surface area contributed by atoms with Gasteiger partial charge < -0.3 is 10.2 Å². The first-order valence-electron chi connectivity index (χ1n) is 10.8. The fourth-order valence-corrected chi connectivity index (χ4v) is 5.34. The highest BCUT2D eigenvalue weighted by Gasteiger charge is 2.28. The largest absolute Gasteiger partial charge is 0.355 e. The van der Waals surface area contributed by atoms with Crippen molar-refractivity contribution in [3.8, 4) is 0 Å². The Morgan fingerprint density at radius 1 is 1.03 bits per heavy atom. The average Bonchev–Trinajstić information content (AvgIpc) is 2.77. The lowest BCUT2D eigenvalue weighted by Gasteiger charge is -2.30. The second kappa shape index (κ2) is 13.0. The molecule has 12 heteroatoms. The Kier molecular flexibility index (Phi) is 11.0. The summed E-state index contributed by atoms with van der Waals surface area (Å²) >= 11 is 24.8. The summed E-state index contributed by atoms with van der Waals surface area (Å²) in [6.45, 7) is 3.80. The lowest BCUT2D eigenvalue weighted by molar-refractivity contribution is -0.140. The van der Waals surface area contributed by atoms with Crippen LogP contribution in [-0.2, 0) is 26.2 Å². The summed E-state index contributed by atoms with van der Waals surface area (Å²) in [6.07, 6.45) is 1.19. The molecule has 2 rings (SSSR count). The molecule has 192 valence electrons. The van der Waals surface area contributed by atoms with Gasteiger partial charge in [0.05, 0.1) is 17.0 Å². The summed E-state index contributed by atoms with van der Waals surface area (Å²) < 4.78 is 26.0. The number of rotatable bonds is 11. The third-order valence-electron chi connectivity index (χ3n) is 5.24. The molecule has 0 fully saturated rings. The summed E-state index contributed by atoms with van der Waals surface area (Å²) in [7, 11) is -3.71. The Bertz CT molecular complexity index is 1160. The number of hydrogen-bond donors (Lipinski definition) is 1. The molecule has 0 radical (unpaired) electrons. The molecule has 2 amide bonds. The van der Waals surface area contributed by atoms with Crippen LogP contribution in [-0.4, -0.2) is 50.5 Å². The number of carbonyl (C=O) groups is 2. The number of sulfonamides is 1. The van der Waals surface area contributed by atoms with E-state index in [1.807, 2.05) is 0 Å². The molecule has 2 aromatic rings. The molecule has 0 saturated carbocycles. The predicted molar refractivity (Wildman–Crippen MR) is 143 cm³/mol. The van der Waals surface area contributed by atoms with Crippen molar-refractivity contribution >= 4 is 73.9 Å². The predicted octanol–water partition coefficient (Wildman–Crippen LogP) is 5.40. The van der Waals surface area contributed by atoms with Gasteiger partial charge in [0.2, 0.25) is 21.8 Å². The summed E-state index contributed by atoms with van der Waals surface area (Å²) in [4.78, 5) is 27.2. The van der Waals surface area contributed by atoms with Gasteiger partial charge in [0.1, 0.15) is 6.04 Å². The molecule has 0 aliphatic heterocycles. The molecule has 1 unspecified atom stereocenters. The molecule has 0 aromatic heterocycles. The van der Waals surface area contributed by atoms with E-state index in [2.05, 4.69) is 5.32 Å². The molecule has 0 aliphatic carbocycles. The highest BCUT2D eigenvalue weighted by Crippen LogP contribution is 2.31. The van der Waals surface area contributed by atoms with Crippen molar-refractivity contribution in [2.24, 2.45) is 0 Å². The molecule has 35 heavy (non-hydrogen) atoms. The fourth-order valence-electron chi connectivity index (χ4n) is 3.42. The molecule has 0 saturated heterocycles. The number of amides is 2. The van der Waals surface area contributed by atoms with Crippen LogP contribution in [0.5, 0.6) is 0 Å². The van der Waals surface area contributed by atoms with Crippen LogP contribution in [0.15, 0.2) is 36.4 Å². The number of halogens is 4. The van der Waals surface area contributed by atoms with Crippen LogP contribution >= 0.6 is 46.4 Å². The van der Waals surface area contributed by atoms with E-state index in [-0.39, 0.29) is 48.5 Å². The lowest BCUT2D eigenvalue weighted by atomic mass is 10.1. The van der Waals surface area contributed by atoms with Gasteiger partial charge in [-0.25, -0.2) is 8.42 Å². The third-order valence-corrected chi connectivity index (χ3v) is 7.68. The van der Waals surface area contributed by atoms with Gasteiger partial charge in [-0.05, 0) is 50.6 Å². The smallest absolute Gasteiger partial charge is 0.242 e. The molecule has 2 aromatic carbocycles. The highest BCUT2D eigenvalue weighted by atomic mass is 35.5. The zero-order valence-electron chi connectivity index (χ0n) is 19.5. The van der Waals surface area contributed by atoms with Gasteiger partial charge in [0.15, 0.2) is 0 Å². The minimum Gasteiger partial charge on any atom is -0.355 e. The Morgan fingerprint density at radius 3 is 2.23 bits per heavy atom. The number of benzene rings is 2. The van der Waals surface area contributed by atoms with Crippen molar-refractivity contribution in [2.45, 2.75) is 39.3 Å². The maximum atomic E-state index is 13.3. The van der Waals surface area contributed by atoms with Crippen molar-refractivity contribution in [2.75, 3.05) is 23.7 Å². The number of anilines is 1. The molecule has 7 nitrogen and oxygen atoms in total. The Hall–Kier alpha value is -1.71. The molecular weight excluding hydrogens is 556 g/mol. The van der Waals surface area contributed by atoms with Gasteiger partial charge in [0.25, 0.3) is 0 Å². The number of nitrogens with zero attached hydrogens (tertiary/aromatic N) is 2. The van der Waals surface area contributed by atoms with E-state index in [1.54, 1.807) is 38.1 Å². The number of likely N-dealkylation sites (N-methyl/N-ethyl adjacent to an activating group) is 1. The topological polar surface area (TPSA) is 86.8 Å². The van der Waals surface area contributed by atoms with E-state index in [0.29, 0.717) is 27.2 Å². The van der Waals surface area contributed by atoms with Gasteiger partial charge in [-0.2, -0.15) is 0 Å². The minimum absolute atomic E-state index is 0.0130. The third kappa shape index (κ3) is 8.15. The summed E-state index contributed by atoms with van der Waals surface area (Å²) in [5.74, 6) is -0.683. The van der Waals surface area contributed by atoms with Crippen LogP contribution in [0.3, 0.4) is 0 Å². The van der Waals surface area contributed by atoms with Crippen LogP contribution in [0.1, 0.15) is 32.3 Å². The number of hydrogen-bond acceptors (Lipinski definition) is 4. The first-order chi connectivity index (χ1) is 16.4. The summed E-state index contributed by atoms with van der Waals surface area (Å²) in [5, 5.41) is 3.99. The zero-order chi connectivity index (χ0) is 26.3. The van der Waals surface area contributed by atoms with Crippen LogP contribution < -0.4 is 9.62 Å². The molecule has 0 bridgehead atoms. The van der Waals surface area contributed by atoms with Crippen LogP contribution in [0.4, 0.5) is 5.69 Å². The molecule has 0 aliphatic rings. The van der Waals surface area contributed by atoms with E-state index in [1.165, 1.54) is 17.0 Å². The maximum Gasteiger partial charge on any atom is 0.242 e. The molecular formula is C23H27Cl4N3O4S.